The van der Waals surface area contributed by atoms with Crippen LogP contribution in [0.3, 0.4) is 0 Å². The molecule has 3 nitrogen and oxygen atoms in total. The lowest BCUT2D eigenvalue weighted by Crippen LogP contribution is -2.07. The van der Waals surface area contributed by atoms with Gasteiger partial charge in [-0.05, 0) is 24.6 Å². The molecule has 0 saturated carbocycles. The van der Waals surface area contributed by atoms with Crippen LogP contribution in [0.1, 0.15) is 23.2 Å². The van der Waals surface area contributed by atoms with E-state index in [9.17, 15) is 4.79 Å². The van der Waals surface area contributed by atoms with Gasteiger partial charge >= 0.3 is 5.97 Å². The van der Waals surface area contributed by atoms with Crippen molar-refractivity contribution in [3.63, 3.8) is 0 Å². The molecule has 0 saturated heterocycles. The van der Waals surface area contributed by atoms with Crippen LogP contribution in [-0.2, 0) is 22.4 Å². The van der Waals surface area contributed by atoms with Gasteiger partial charge in [-0.1, -0.05) is 29.3 Å². The fourth-order valence-corrected chi connectivity index (χ4v) is 3.06. The molecule has 106 valence electrons. The number of nitrogens with zero attached hydrogens (tertiary/aromatic N) is 1. The lowest BCUT2D eigenvalue weighted by molar-refractivity contribution is -0.142. The molecule has 0 amide bonds. The van der Waals surface area contributed by atoms with Crippen molar-refractivity contribution < 1.29 is 9.53 Å². The van der Waals surface area contributed by atoms with Gasteiger partial charge in [0.25, 0.3) is 0 Å². The van der Waals surface area contributed by atoms with Gasteiger partial charge in [0.15, 0.2) is 0 Å². The molecule has 0 spiro atoms. The van der Waals surface area contributed by atoms with Gasteiger partial charge in [-0.15, -0.1) is 11.3 Å². The van der Waals surface area contributed by atoms with Crippen molar-refractivity contribution in [3.8, 4) is 0 Å². The van der Waals surface area contributed by atoms with Crippen LogP contribution in [0.15, 0.2) is 23.6 Å². The highest BCUT2D eigenvalue weighted by atomic mass is 35.5. The quantitative estimate of drug-likeness (QED) is 0.773. The Morgan fingerprint density at radius 1 is 1.35 bits per heavy atom. The number of hydrogen-bond acceptors (Lipinski definition) is 4. The largest absolute Gasteiger partial charge is 0.466 e. The predicted octanol–water partition coefficient (Wildman–Crippen LogP) is 4.15. The standard InChI is InChI=1S/C14H13Cl2NO2S/c1-2-19-14(18)6-9-8-20-13(17-9)7-10-11(15)4-3-5-12(10)16/h3-5,8H,2,6-7H2,1H3. The van der Waals surface area contributed by atoms with E-state index in [2.05, 4.69) is 4.98 Å². The van der Waals surface area contributed by atoms with Crippen molar-refractivity contribution in [2.75, 3.05) is 6.61 Å². The van der Waals surface area contributed by atoms with E-state index in [0.717, 1.165) is 10.6 Å². The molecule has 0 aliphatic rings. The summed E-state index contributed by atoms with van der Waals surface area (Å²) < 4.78 is 4.90. The Morgan fingerprint density at radius 3 is 2.70 bits per heavy atom. The molecule has 0 aliphatic carbocycles. The number of benzene rings is 1. The number of halogens is 2. The third kappa shape index (κ3) is 3.95. The van der Waals surface area contributed by atoms with Crippen molar-refractivity contribution >= 4 is 40.5 Å². The fraction of sp³-hybridized carbons (Fsp3) is 0.286. The average molecular weight is 330 g/mol. The van der Waals surface area contributed by atoms with E-state index in [1.165, 1.54) is 11.3 Å². The van der Waals surface area contributed by atoms with Crippen LogP contribution in [-0.4, -0.2) is 17.6 Å². The van der Waals surface area contributed by atoms with Gasteiger partial charge in [0.05, 0.1) is 23.7 Å². The zero-order valence-corrected chi connectivity index (χ0v) is 13.2. The van der Waals surface area contributed by atoms with Crippen LogP contribution in [0.4, 0.5) is 0 Å². The van der Waals surface area contributed by atoms with E-state index >= 15 is 0 Å². The zero-order valence-electron chi connectivity index (χ0n) is 10.9. The summed E-state index contributed by atoms with van der Waals surface area (Å²) in [6.45, 7) is 2.16. The highest BCUT2D eigenvalue weighted by Crippen LogP contribution is 2.27. The van der Waals surface area contributed by atoms with E-state index in [4.69, 9.17) is 27.9 Å². The number of esters is 1. The van der Waals surface area contributed by atoms with Crippen molar-refractivity contribution in [3.05, 3.63) is 49.9 Å². The minimum Gasteiger partial charge on any atom is -0.466 e. The lowest BCUT2D eigenvalue weighted by atomic mass is 10.1. The molecule has 1 heterocycles. The molecule has 0 fully saturated rings. The third-order valence-corrected chi connectivity index (χ3v) is 4.23. The van der Waals surface area contributed by atoms with Crippen molar-refractivity contribution in [2.45, 2.75) is 19.8 Å². The third-order valence-electron chi connectivity index (χ3n) is 2.62. The van der Waals surface area contributed by atoms with E-state index < -0.39 is 0 Å². The van der Waals surface area contributed by atoms with Gasteiger partial charge in [-0.25, -0.2) is 4.98 Å². The number of ether oxygens (including phenoxy) is 1. The topological polar surface area (TPSA) is 39.2 Å². The minimum atomic E-state index is -0.264. The van der Waals surface area contributed by atoms with Crippen LogP contribution in [0.25, 0.3) is 0 Å². The van der Waals surface area contributed by atoms with Gasteiger partial charge in [-0.2, -0.15) is 0 Å². The van der Waals surface area contributed by atoms with Crippen LogP contribution < -0.4 is 0 Å². The summed E-state index contributed by atoms with van der Waals surface area (Å²) in [4.78, 5) is 15.8. The molecule has 1 aromatic carbocycles. The molecule has 20 heavy (non-hydrogen) atoms. The Kier molecular flexibility index (Phi) is 5.40. The maximum atomic E-state index is 11.4. The lowest BCUT2D eigenvalue weighted by Gasteiger charge is -2.04. The number of hydrogen-bond donors (Lipinski definition) is 0. The molecule has 0 bridgehead atoms. The number of aromatic nitrogens is 1. The average Bonchev–Trinajstić information content (AvgIpc) is 2.82. The molecule has 0 unspecified atom stereocenters. The normalized spacial score (nSPS) is 10.6. The van der Waals surface area contributed by atoms with Crippen molar-refractivity contribution in [2.24, 2.45) is 0 Å². The SMILES string of the molecule is CCOC(=O)Cc1csc(Cc2c(Cl)cccc2Cl)n1. The second kappa shape index (κ2) is 7.07. The Hall–Kier alpha value is -1.10. The fourth-order valence-electron chi connectivity index (χ4n) is 1.72. The van der Waals surface area contributed by atoms with Gasteiger partial charge in [0.1, 0.15) is 0 Å². The monoisotopic (exact) mass is 329 g/mol. The summed E-state index contributed by atoms with van der Waals surface area (Å²) in [6.07, 6.45) is 0.757. The first kappa shape index (κ1) is 15.3. The molecule has 0 aliphatic heterocycles. The molecule has 6 heteroatoms. The van der Waals surface area contributed by atoms with Gasteiger partial charge < -0.3 is 4.74 Å². The smallest absolute Gasteiger partial charge is 0.311 e. The Bertz CT molecular complexity index is 593. The zero-order chi connectivity index (χ0) is 14.5. The first-order valence-corrected chi connectivity index (χ1v) is 7.75. The molecule has 0 N–H and O–H groups in total. The molecule has 0 radical (unpaired) electrons. The highest BCUT2D eigenvalue weighted by Gasteiger charge is 2.11. The molecule has 1 aromatic heterocycles. The van der Waals surface area contributed by atoms with E-state index in [-0.39, 0.29) is 12.4 Å². The Morgan fingerprint density at radius 2 is 2.05 bits per heavy atom. The number of rotatable bonds is 5. The summed E-state index contributed by atoms with van der Waals surface area (Å²) in [5.74, 6) is -0.264. The van der Waals surface area contributed by atoms with Gasteiger partial charge in [0, 0.05) is 21.8 Å². The Labute approximate surface area is 131 Å². The first-order chi connectivity index (χ1) is 9.60. The van der Waals surface area contributed by atoms with Crippen LogP contribution >= 0.6 is 34.5 Å². The summed E-state index contributed by atoms with van der Waals surface area (Å²) >= 11 is 13.7. The molecular formula is C14H13Cl2NO2S. The summed E-state index contributed by atoms with van der Waals surface area (Å²) in [6, 6.07) is 5.41. The van der Waals surface area contributed by atoms with E-state index in [1.807, 2.05) is 11.4 Å². The molecular weight excluding hydrogens is 317 g/mol. The van der Waals surface area contributed by atoms with Gasteiger partial charge in [0.2, 0.25) is 0 Å². The van der Waals surface area contributed by atoms with Gasteiger partial charge in [-0.3, -0.25) is 4.79 Å². The summed E-state index contributed by atoms with van der Waals surface area (Å²) in [7, 11) is 0. The van der Waals surface area contributed by atoms with Crippen molar-refractivity contribution in [1.82, 2.24) is 4.98 Å². The van der Waals surface area contributed by atoms with E-state index in [0.29, 0.717) is 28.8 Å². The van der Waals surface area contributed by atoms with Crippen LogP contribution in [0, 0.1) is 0 Å². The maximum absolute atomic E-state index is 11.4. The van der Waals surface area contributed by atoms with Crippen molar-refractivity contribution in [1.29, 1.82) is 0 Å². The second-order valence-corrected chi connectivity index (χ2v) is 5.85. The first-order valence-electron chi connectivity index (χ1n) is 6.12. The number of carbonyl (C=O) groups excluding carboxylic acids is 1. The molecule has 2 rings (SSSR count). The maximum Gasteiger partial charge on any atom is 0.311 e. The summed E-state index contributed by atoms with van der Waals surface area (Å²) in [5, 5.41) is 3.98. The molecule has 0 atom stereocenters. The van der Waals surface area contributed by atoms with Crippen LogP contribution in [0.5, 0.6) is 0 Å². The molecule has 2 aromatic rings. The minimum absolute atomic E-state index is 0.195. The highest BCUT2D eigenvalue weighted by molar-refractivity contribution is 7.09. The number of carbonyl (C=O) groups is 1. The second-order valence-electron chi connectivity index (χ2n) is 4.09. The predicted molar refractivity (Wildman–Crippen MR) is 81.7 cm³/mol. The Balaban J connectivity index is 2.08. The van der Waals surface area contributed by atoms with Crippen LogP contribution in [0.2, 0.25) is 10.0 Å². The van der Waals surface area contributed by atoms with E-state index in [1.54, 1.807) is 19.1 Å². The number of thiazole rings is 1. The summed E-state index contributed by atoms with van der Waals surface area (Å²) in [5.41, 5.74) is 1.57.